The van der Waals surface area contributed by atoms with E-state index in [4.69, 9.17) is 0 Å². The van der Waals surface area contributed by atoms with Crippen LogP contribution in [0.3, 0.4) is 0 Å². The standard InChI is InChI=1S/C33H60N4O9/c1-28(2)13-19(38)14-29(3,4)35(28)22(25(41)42)34(23(26(43)44)36-30(5,6)15-20(39)16-31(36,7)8)24(27(45)46)37-32(9,10)17-21(40)18-33(37,11)12/h19-24,38-40H,13-18H2,1-12H3,(H,41,42)(H,43,44)(H,45,46). The van der Waals surface area contributed by atoms with E-state index in [9.17, 15) is 45.0 Å². The molecule has 0 amide bonds. The summed E-state index contributed by atoms with van der Waals surface area (Å²) in [7, 11) is 0. The van der Waals surface area contributed by atoms with E-state index in [-0.39, 0.29) is 38.5 Å². The molecule has 266 valence electrons. The van der Waals surface area contributed by atoms with Crippen molar-refractivity contribution in [2.45, 2.75) is 192 Å². The van der Waals surface area contributed by atoms with Gasteiger partial charge in [0.05, 0.1) is 18.3 Å². The monoisotopic (exact) mass is 656 g/mol. The van der Waals surface area contributed by atoms with Crippen LogP contribution in [0.4, 0.5) is 0 Å². The van der Waals surface area contributed by atoms with E-state index < -0.39 is 88.0 Å². The molecule has 0 saturated carbocycles. The Morgan fingerprint density at radius 1 is 0.457 bits per heavy atom. The number of carboxylic acids is 3. The summed E-state index contributed by atoms with van der Waals surface area (Å²) in [5.74, 6) is -4.26. The summed E-state index contributed by atoms with van der Waals surface area (Å²) >= 11 is 0. The first-order valence-corrected chi connectivity index (χ1v) is 16.4. The zero-order valence-corrected chi connectivity index (χ0v) is 29.9. The molecule has 3 heterocycles. The number of hydrogen-bond acceptors (Lipinski definition) is 10. The maximum absolute atomic E-state index is 13.8. The summed E-state index contributed by atoms with van der Waals surface area (Å²) in [5.41, 5.74) is -6.00. The fourth-order valence-corrected chi connectivity index (χ4v) is 10.2. The highest BCUT2D eigenvalue weighted by atomic mass is 16.4. The van der Waals surface area contributed by atoms with Gasteiger partial charge in [0.2, 0.25) is 0 Å². The Labute approximate surface area is 274 Å². The van der Waals surface area contributed by atoms with E-state index in [1.165, 1.54) is 0 Å². The first kappa shape index (κ1) is 38.6. The molecule has 6 N–H and O–H groups in total. The summed E-state index contributed by atoms with van der Waals surface area (Å²) in [6.07, 6.45) is -6.50. The molecule has 3 saturated heterocycles. The zero-order valence-electron chi connectivity index (χ0n) is 29.9. The van der Waals surface area contributed by atoms with Crippen molar-refractivity contribution in [2.75, 3.05) is 0 Å². The number of carbonyl (C=O) groups is 3. The highest BCUT2D eigenvalue weighted by Gasteiger charge is 2.63. The number of rotatable bonds is 9. The van der Waals surface area contributed by atoms with Crippen molar-refractivity contribution >= 4 is 17.9 Å². The van der Waals surface area contributed by atoms with Gasteiger partial charge in [-0.1, -0.05) is 0 Å². The van der Waals surface area contributed by atoms with Gasteiger partial charge in [0.15, 0.2) is 18.5 Å². The van der Waals surface area contributed by atoms with Gasteiger partial charge in [0.25, 0.3) is 0 Å². The minimum Gasteiger partial charge on any atom is -0.479 e. The van der Waals surface area contributed by atoms with Crippen molar-refractivity contribution in [1.29, 1.82) is 0 Å². The first-order chi connectivity index (χ1) is 20.5. The molecule has 0 spiro atoms. The molecular formula is C33H60N4O9. The number of nitrogens with zero attached hydrogens (tertiary/aromatic N) is 4. The smallest absolute Gasteiger partial charge is 0.336 e. The Hall–Kier alpha value is -1.87. The molecule has 0 aliphatic carbocycles. The Bertz CT molecular complexity index is 987. The van der Waals surface area contributed by atoms with Gasteiger partial charge in [-0.25, -0.2) is 19.3 Å². The molecule has 0 aromatic rings. The first-order valence-electron chi connectivity index (χ1n) is 16.4. The summed E-state index contributed by atoms with van der Waals surface area (Å²) in [6, 6.07) is 0. The molecule has 3 aliphatic heterocycles. The topological polar surface area (TPSA) is 186 Å². The molecule has 0 bridgehead atoms. The molecule has 13 nitrogen and oxygen atoms in total. The molecule has 3 unspecified atom stereocenters. The largest absolute Gasteiger partial charge is 0.479 e. The van der Waals surface area contributed by atoms with E-state index >= 15 is 0 Å². The molecule has 3 atom stereocenters. The maximum atomic E-state index is 13.8. The number of hydrogen-bond donors (Lipinski definition) is 6. The average Bonchev–Trinajstić information content (AvgIpc) is 2.75. The van der Waals surface area contributed by atoms with E-state index in [2.05, 4.69) is 0 Å². The van der Waals surface area contributed by atoms with Gasteiger partial charge in [-0.15, -0.1) is 0 Å². The zero-order chi connectivity index (χ0) is 35.7. The molecule has 0 aromatic carbocycles. The summed E-state index contributed by atoms with van der Waals surface area (Å²) in [6.45, 7) is 21.4. The fraction of sp³-hybridized carbons (Fsp3) is 0.909. The van der Waals surface area contributed by atoms with Crippen LogP contribution >= 0.6 is 0 Å². The number of aliphatic hydroxyl groups is 3. The van der Waals surface area contributed by atoms with E-state index in [0.29, 0.717) is 0 Å². The summed E-state index contributed by atoms with van der Waals surface area (Å²) in [4.78, 5) is 47.6. The van der Waals surface area contributed by atoms with Crippen molar-refractivity contribution < 1.29 is 45.0 Å². The van der Waals surface area contributed by atoms with Gasteiger partial charge < -0.3 is 30.6 Å². The second-order valence-electron chi connectivity index (χ2n) is 17.8. The van der Waals surface area contributed by atoms with Crippen LogP contribution in [-0.2, 0) is 14.4 Å². The van der Waals surface area contributed by atoms with Crippen LogP contribution in [0.15, 0.2) is 0 Å². The molecule has 3 rings (SSSR count). The number of piperidine rings is 3. The van der Waals surface area contributed by atoms with Crippen molar-refractivity contribution in [2.24, 2.45) is 0 Å². The Kier molecular flexibility index (Phi) is 10.3. The Morgan fingerprint density at radius 3 is 0.739 bits per heavy atom. The lowest BCUT2D eigenvalue weighted by Gasteiger charge is -2.65. The normalized spacial score (nSPS) is 29.2. The van der Waals surface area contributed by atoms with Crippen LogP contribution in [0.2, 0.25) is 0 Å². The van der Waals surface area contributed by atoms with Gasteiger partial charge in [-0.05, 0) is 122 Å². The SMILES string of the molecule is CC1(C)CC(O)CC(C)(C)N1C(C(=O)O)N(C(C(=O)O)N1C(C)(C)CC(O)CC1(C)C)C(C(=O)O)N1C(C)(C)CC(O)CC1(C)C. The van der Waals surface area contributed by atoms with Crippen molar-refractivity contribution in [3.8, 4) is 0 Å². The predicted octanol–water partition coefficient (Wildman–Crippen LogP) is 2.56. The third-order valence-corrected chi connectivity index (χ3v) is 10.6. The molecule has 0 radical (unpaired) electrons. The molecule has 46 heavy (non-hydrogen) atoms. The maximum Gasteiger partial charge on any atom is 0.336 e. The molecule has 0 aromatic heterocycles. The van der Waals surface area contributed by atoms with Crippen LogP contribution < -0.4 is 0 Å². The Morgan fingerprint density at radius 2 is 0.609 bits per heavy atom. The van der Waals surface area contributed by atoms with Gasteiger partial charge in [-0.2, -0.15) is 0 Å². The number of aliphatic hydroxyl groups excluding tert-OH is 3. The molecule has 3 fully saturated rings. The van der Waals surface area contributed by atoms with Gasteiger partial charge >= 0.3 is 17.9 Å². The highest BCUT2D eigenvalue weighted by molar-refractivity contribution is 5.81. The van der Waals surface area contributed by atoms with Crippen LogP contribution in [0.5, 0.6) is 0 Å². The second-order valence-corrected chi connectivity index (χ2v) is 17.8. The summed E-state index contributed by atoms with van der Waals surface area (Å²) in [5, 5.41) is 66.3. The van der Waals surface area contributed by atoms with Gasteiger partial charge in [-0.3, -0.25) is 14.7 Å². The lowest BCUT2D eigenvalue weighted by Crippen LogP contribution is -2.81. The average molecular weight is 657 g/mol. The minimum absolute atomic E-state index is 0.184. The lowest BCUT2D eigenvalue weighted by molar-refractivity contribution is -0.247. The van der Waals surface area contributed by atoms with E-state index in [1.54, 1.807) is 97.8 Å². The molecular weight excluding hydrogens is 596 g/mol. The highest BCUT2D eigenvalue weighted by Crippen LogP contribution is 2.48. The lowest BCUT2D eigenvalue weighted by atomic mass is 9.76. The third-order valence-electron chi connectivity index (χ3n) is 10.6. The van der Waals surface area contributed by atoms with Crippen molar-refractivity contribution in [3.63, 3.8) is 0 Å². The fourth-order valence-electron chi connectivity index (χ4n) is 10.2. The molecule has 13 heteroatoms. The van der Waals surface area contributed by atoms with Gasteiger partial charge in [0, 0.05) is 33.2 Å². The number of aliphatic carboxylic acids is 3. The summed E-state index contributed by atoms with van der Waals surface area (Å²) < 4.78 is 0. The molecule has 3 aliphatic rings. The third kappa shape index (κ3) is 7.11. The Balaban J connectivity index is 2.50. The quantitative estimate of drug-likeness (QED) is 0.213. The van der Waals surface area contributed by atoms with Crippen LogP contribution in [0, 0.1) is 0 Å². The number of likely N-dealkylation sites (tertiary alicyclic amines) is 3. The second kappa shape index (κ2) is 12.2. The van der Waals surface area contributed by atoms with E-state index in [0.717, 1.165) is 4.90 Å². The number of carboxylic acid groups (broad SMARTS) is 3. The van der Waals surface area contributed by atoms with Crippen LogP contribution in [0.1, 0.15) is 122 Å². The minimum atomic E-state index is -1.78. The van der Waals surface area contributed by atoms with Crippen LogP contribution in [-0.4, -0.2) is 138 Å². The van der Waals surface area contributed by atoms with Crippen LogP contribution in [0.25, 0.3) is 0 Å². The predicted molar refractivity (Wildman–Crippen MR) is 172 cm³/mol. The van der Waals surface area contributed by atoms with Crippen molar-refractivity contribution in [1.82, 2.24) is 19.6 Å². The van der Waals surface area contributed by atoms with Gasteiger partial charge in [0.1, 0.15) is 0 Å². The van der Waals surface area contributed by atoms with Crippen molar-refractivity contribution in [3.05, 3.63) is 0 Å². The van der Waals surface area contributed by atoms with E-state index in [1.807, 2.05) is 0 Å².